The van der Waals surface area contributed by atoms with Gasteiger partial charge in [-0.25, -0.2) is 0 Å². The molecule has 1 rings (SSSR count). The van der Waals surface area contributed by atoms with Gasteiger partial charge in [-0.15, -0.1) is 0 Å². The first-order valence-electron chi connectivity index (χ1n) is 4.71. The summed E-state index contributed by atoms with van der Waals surface area (Å²) in [5, 5.41) is 2.58. The summed E-state index contributed by atoms with van der Waals surface area (Å²) in [4.78, 5) is 11.2. The monoisotopic (exact) mass is 205 g/mol. The highest BCUT2D eigenvalue weighted by molar-refractivity contribution is 5.79. The number of methoxy groups -OCH3 is 1. The molecule has 0 spiro atoms. The fourth-order valence-electron chi connectivity index (χ4n) is 1.30. The molecule has 1 N–H and O–H groups in total. The van der Waals surface area contributed by atoms with Crippen molar-refractivity contribution < 1.29 is 9.53 Å². The van der Waals surface area contributed by atoms with Crippen molar-refractivity contribution in [2.75, 3.05) is 14.2 Å². The molecule has 0 saturated heterocycles. The number of likely N-dealkylation sites (N-methyl/N-ethyl adjacent to an activating group) is 1. The lowest BCUT2D eigenvalue weighted by molar-refractivity contribution is -0.119. The van der Waals surface area contributed by atoms with Gasteiger partial charge in [0.15, 0.2) is 0 Å². The summed E-state index contributed by atoms with van der Waals surface area (Å²) in [6.45, 7) is 3.68. The summed E-state index contributed by atoms with van der Waals surface area (Å²) in [5.41, 5.74) is 1.86. The molecule has 0 heterocycles. The molecule has 0 aliphatic rings. The molecule has 0 bridgehead atoms. The van der Waals surface area contributed by atoms with Gasteiger partial charge >= 0.3 is 0 Å². The van der Waals surface area contributed by atoms with Crippen molar-refractivity contribution in [1.82, 2.24) is 5.32 Å². The standard InChI is InChI=1S/C12H15NO2/c1-4-9-5-6-10(8-12(14)13-2)11(7-9)15-3/h4-7H,1,8H2,2-3H3,(H,13,14). The van der Waals surface area contributed by atoms with Gasteiger partial charge in [-0.05, 0) is 11.6 Å². The van der Waals surface area contributed by atoms with E-state index in [2.05, 4.69) is 11.9 Å². The predicted octanol–water partition coefficient (Wildman–Crippen LogP) is 1.63. The van der Waals surface area contributed by atoms with E-state index in [1.165, 1.54) is 0 Å². The maximum absolute atomic E-state index is 11.2. The molecular weight excluding hydrogens is 190 g/mol. The van der Waals surface area contributed by atoms with Crippen molar-refractivity contribution in [1.29, 1.82) is 0 Å². The number of amides is 1. The van der Waals surface area contributed by atoms with Crippen LogP contribution in [0.2, 0.25) is 0 Å². The number of carbonyl (C=O) groups is 1. The second-order valence-corrected chi connectivity index (χ2v) is 3.13. The highest BCUT2D eigenvalue weighted by atomic mass is 16.5. The predicted molar refractivity (Wildman–Crippen MR) is 60.9 cm³/mol. The Morgan fingerprint density at radius 1 is 1.60 bits per heavy atom. The van der Waals surface area contributed by atoms with Crippen LogP contribution in [-0.4, -0.2) is 20.1 Å². The number of carbonyl (C=O) groups excluding carboxylic acids is 1. The molecule has 1 aromatic rings. The number of benzene rings is 1. The number of hydrogen-bond donors (Lipinski definition) is 1. The molecule has 0 atom stereocenters. The van der Waals surface area contributed by atoms with E-state index in [0.29, 0.717) is 6.42 Å². The van der Waals surface area contributed by atoms with Crippen LogP contribution in [0.1, 0.15) is 11.1 Å². The first-order valence-corrected chi connectivity index (χ1v) is 4.71. The van der Waals surface area contributed by atoms with Crippen molar-refractivity contribution in [2.45, 2.75) is 6.42 Å². The van der Waals surface area contributed by atoms with Crippen LogP contribution in [0.5, 0.6) is 5.75 Å². The van der Waals surface area contributed by atoms with Gasteiger partial charge in [0, 0.05) is 12.6 Å². The average molecular weight is 205 g/mol. The Bertz CT molecular complexity index is 372. The van der Waals surface area contributed by atoms with Gasteiger partial charge < -0.3 is 10.1 Å². The summed E-state index contributed by atoms with van der Waals surface area (Å²) < 4.78 is 5.21. The maximum atomic E-state index is 11.2. The number of nitrogens with one attached hydrogen (secondary N) is 1. The van der Waals surface area contributed by atoms with E-state index in [4.69, 9.17) is 4.74 Å². The minimum atomic E-state index is -0.0281. The van der Waals surface area contributed by atoms with Crippen LogP contribution in [0.25, 0.3) is 6.08 Å². The van der Waals surface area contributed by atoms with Crippen LogP contribution < -0.4 is 10.1 Å². The van der Waals surface area contributed by atoms with Crippen molar-refractivity contribution in [2.24, 2.45) is 0 Å². The fraction of sp³-hybridized carbons (Fsp3) is 0.250. The van der Waals surface area contributed by atoms with E-state index in [0.717, 1.165) is 16.9 Å². The second kappa shape index (κ2) is 5.20. The molecule has 0 aliphatic carbocycles. The third-order valence-corrected chi connectivity index (χ3v) is 2.18. The molecule has 15 heavy (non-hydrogen) atoms. The molecule has 1 amide bonds. The van der Waals surface area contributed by atoms with E-state index in [1.807, 2.05) is 18.2 Å². The Kier molecular flexibility index (Phi) is 3.92. The highest BCUT2D eigenvalue weighted by Gasteiger charge is 2.07. The molecule has 0 aromatic heterocycles. The molecule has 3 heteroatoms. The molecule has 80 valence electrons. The molecular formula is C12H15NO2. The maximum Gasteiger partial charge on any atom is 0.224 e. The van der Waals surface area contributed by atoms with Crippen LogP contribution in [0, 0.1) is 0 Å². The number of rotatable bonds is 4. The molecule has 0 unspecified atom stereocenters. The van der Waals surface area contributed by atoms with Crippen LogP contribution in [-0.2, 0) is 11.2 Å². The van der Waals surface area contributed by atoms with Gasteiger partial charge in [-0.3, -0.25) is 4.79 Å². The lowest BCUT2D eigenvalue weighted by atomic mass is 10.1. The van der Waals surface area contributed by atoms with E-state index in [1.54, 1.807) is 20.2 Å². The highest BCUT2D eigenvalue weighted by Crippen LogP contribution is 2.21. The Morgan fingerprint density at radius 2 is 2.33 bits per heavy atom. The zero-order valence-corrected chi connectivity index (χ0v) is 9.04. The topological polar surface area (TPSA) is 38.3 Å². The lowest BCUT2D eigenvalue weighted by Gasteiger charge is -2.08. The molecule has 0 saturated carbocycles. The SMILES string of the molecule is C=Cc1ccc(CC(=O)NC)c(OC)c1. The lowest BCUT2D eigenvalue weighted by Crippen LogP contribution is -2.20. The molecule has 1 aromatic carbocycles. The fourth-order valence-corrected chi connectivity index (χ4v) is 1.30. The van der Waals surface area contributed by atoms with Gasteiger partial charge in [0.1, 0.15) is 5.75 Å². The summed E-state index contributed by atoms with van der Waals surface area (Å²) in [6.07, 6.45) is 2.07. The van der Waals surface area contributed by atoms with Gasteiger partial charge in [-0.2, -0.15) is 0 Å². The van der Waals surface area contributed by atoms with E-state index < -0.39 is 0 Å². The minimum Gasteiger partial charge on any atom is -0.496 e. The van der Waals surface area contributed by atoms with Crippen LogP contribution in [0.4, 0.5) is 0 Å². The van der Waals surface area contributed by atoms with Gasteiger partial charge in [-0.1, -0.05) is 24.8 Å². The van der Waals surface area contributed by atoms with Crippen molar-refractivity contribution >= 4 is 12.0 Å². The first-order chi connectivity index (χ1) is 7.21. The van der Waals surface area contributed by atoms with E-state index in [9.17, 15) is 4.79 Å². The van der Waals surface area contributed by atoms with Crippen LogP contribution in [0.3, 0.4) is 0 Å². The van der Waals surface area contributed by atoms with Crippen molar-refractivity contribution in [3.8, 4) is 5.75 Å². The Labute approximate surface area is 89.8 Å². The third kappa shape index (κ3) is 2.84. The van der Waals surface area contributed by atoms with Crippen molar-refractivity contribution in [3.63, 3.8) is 0 Å². The first kappa shape index (κ1) is 11.3. The summed E-state index contributed by atoms with van der Waals surface area (Å²) in [7, 11) is 3.21. The minimum absolute atomic E-state index is 0.0281. The van der Waals surface area contributed by atoms with E-state index >= 15 is 0 Å². The zero-order valence-electron chi connectivity index (χ0n) is 9.04. The van der Waals surface area contributed by atoms with E-state index in [-0.39, 0.29) is 5.91 Å². The smallest absolute Gasteiger partial charge is 0.224 e. The van der Waals surface area contributed by atoms with Crippen LogP contribution in [0.15, 0.2) is 24.8 Å². The summed E-state index contributed by atoms with van der Waals surface area (Å²) >= 11 is 0. The Morgan fingerprint density at radius 3 is 2.87 bits per heavy atom. The summed E-state index contributed by atoms with van der Waals surface area (Å²) in [6, 6.07) is 5.66. The molecule has 3 nitrogen and oxygen atoms in total. The quantitative estimate of drug-likeness (QED) is 0.811. The second-order valence-electron chi connectivity index (χ2n) is 3.13. The van der Waals surface area contributed by atoms with Gasteiger partial charge in [0.05, 0.1) is 13.5 Å². The Balaban J connectivity index is 2.97. The average Bonchev–Trinajstić information content (AvgIpc) is 2.29. The Hall–Kier alpha value is -1.77. The van der Waals surface area contributed by atoms with Crippen molar-refractivity contribution in [3.05, 3.63) is 35.9 Å². The third-order valence-electron chi connectivity index (χ3n) is 2.18. The van der Waals surface area contributed by atoms with Gasteiger partial charge in [0.25, 0.3) is 0 Å². The summed E-state index contributed by atoms with van der Waals surface area (Å²) in [5.74, 6) is 0.690. The number of hydrogen-bond acceptors (Lipinski definition) is 2. The zero-order chi connectivity index (χ0) is 11.3. The molecule has 0 aliphatic heterocycles. The molecule has 0 fully saturated rings. The molecule has 0 radical (unpaired) electrons. The normalized spacial score (nSPS) is 9.47. The number of ether oxygens (including phenoxy) is 1. The van der Waals surface area contributed by atoms with Gasteiger partial charge in [0.2, 0.25) is 5.91 Å². The van der Waals surface area contributed by atoms with Crippen LogP contribution >= 0.6 is 0 Å². The largest absolute Gasteiger partial charge is 0.496 e.